The van der Waals surface area contributed by atoms with Crippen LogP contribution >= 0.6 is 0 Å². The average molecular weight is 277 g/mol. The maximum atomic E-state index is 12.0. The fourth-order valence-electron chi connectivity index (χ4n) is 1.92. The van der Waals surface area contributed by atoms with Gasteiger partial charge < -0.3 is 15.2 Å². The average Bonchev–Trinajstić information content (AvgIpc) is 3.18. The van der Waals surface area contributed by atoms with Crippen LogP contribution in [0, 0.1) is 5.41 Å². The van der Waals surface area contributed by atoms with Crippen LogP contribution in [0.1, 0.15) is 32.3 Å². The van der Waals surface area contributed by atoms with E-state index in [2.05, 4.69) is 5.32 Å². The van der Waals surface area contributed by atoms with Crippen molar-refractivity contribution in [2.24, 2.45) is 5.41 Å². The van der Waals surface area contributed by atoms with E-state index in [1.54, 1.807) is 12.1 Å². The van der Waals surface area contributed by atoms with E-state index in [4.69, 9.17) is 9.84 Å². The van der Waals surface area contributed by atoms with E-state index >= 15 is 0 Å². The van der Waals surface area contributed by atoms with Crippen molar-refractivity contribution in [1.82, 2.24) is 0 Å². The van der Waals surface area contributed by atoms with Crippen LogP contribution in [0.3, 0.4) is 0 Å². The zero-order chi connectivity index (χ0) is 14.8. The van der Waals surface area contributed by atoms with Crippen LogP contribution in [0.5, 0.6) is 0 Å². The molecule has 2 N–H and O–H groups in total. The standard InChI is InChI=1S/C15H19NO4/c1-10(2)20-9-11-4-3-5-12(8-11)16-13(17)15(6-7-15)14(18)19/h3-5,8,10H,6-7,9H2,1-2H3,(H,16,17)(H,18,19). The number of carbonyl (C=O) groups excluding carboxylic acids is 1. The van der Waals surface area contributed by atoms with Gasteiger partial charge >= 0.3 is 5.97 Å². The number of hydrogen-bond donors (Lipinski definition) is 2. The molecule has 0 saturated heterocycles. The van der Waals surface area contributed by atoms with Gasteiger partial charge in [-0.15, -0.1) is 0 Å². The van der Waals surface area contributed by atoms with E-state index in [1.807, 2.05) is 26.0 Å². The van der Waals surface area contributed by atoms with Crippen LogP contribution in [0.15, 0.2) is 24.3 Å². The predicted octanol–water partition coefficient (Wildman–Crippen LogP) is 2.41. The fraction of sp³-hybridized carbons (Fsp3) is 0.467. The summed E-state index contributed by atoms with van der Waals surface area (Å²) in [5, 5.41) is 11.7. The molecule has 0 bridgehead atoms. The SMILES string of the molecule is CC(C)OCc1cccc(NC(=O)C2(C(=O)O)CC2)c1. The van der Waals surface area contributed by atoms with E-state index in [9.17, 15) is 9.59 Å². The lowest BCUT2D eigenvalue weighted by atomic mass is 10.1. The third kappa shape index (κ3) is 3.17. The lowest BCUT2D eigenvalue weighted by molar-refractivity contribution is -0.147. The predicted molar refractivity (Wildman–Crippen MR) is 74.3 cm³/mol. The van der Waals surface area contributed by atoms with E-state index in [1.165, 1.54) is 0 Å². The van der Waals surface area contributed by atoms with Crippen molar-refractivity contribution in [2.45, 2.75) is 39.4 Å². The summed E-state index contributed by atoms with van der Waals surface area (Å²) in [6.45, 7) is 4.37. The molecule has 1 amide bonds. The van der Waals surface area contributed by atoms with Crippen molar-refractivity contribution in [2.75, 3.05) is 5.32 Å². The molecule has 0 radical (unpaired) electrons. The minimum atomic E-state index is -1.22. The highest BCUT2D eigenvalue weighted by Crippen LogP contribution is 2.46. The lowest BCUT2D eigenvalue weighted by Crippen LogP contribution is -2.31. The minimum absolute atomic E-state index is 0.134. The molecule has 5 nitrogen and oxygen atoms in total. The van der Waals surface area contributed by atoms with E-state index in [0.717, 1.165) is 5.56 Å². The van der Waals surface area contributed by atoms with Crippen molar-refractivity contribution in [3.63, 3.8) is 0 Å². The van der Waals surface area contributed by atoms with Gasteiger partial charge in [-0.05, 0) is 44.4 Å². The van der Waals surface area contributed by atoms with Crippen LogP contribution in [-0.4, -0.2) is 23.1 Å². The second kappa shape index (κ2) is 5.63. The van der Waals surface area contributed by atoms with E-state index in [-0.39, 0.29) is 6.10 Å². The number of carboxylic acids is 1. The first kappa shape index (κ1) is 14.5. The number of amides is 1. The summed E-state index contributed by atoms with van der Waals surface area (Å²) < 4.78 is 5.50. The smallest absolute Gasteiger partial charge is 0.319 e. The molecule has 1 aliphatic rings. The first-order chi connectivity index (χ1) is 9.44. The molecule has 0 spiro atoms. The van der Waals surface area contributed by atoms with Gasteiger partial charge in [-0.2, -0.15) is 0 Å². The van der Waals surface area contributed by atoms with Gasteiger partial charge in [0.15, 0.2) is 0 Å². The Morgan fingerprint density at radius 2 is 2.10 bits per heavy atom. The summed E-state index contributed by atoms with van der Waals surface area (Å²) in [5.41, 5.74) is 0.328. The summed E-state index contributed by atoms with van der Waals surface area (Å²) >= 11 is 0. The van der Waals surface area contributed by atoms with Crippen molar-refractivity contribution in [3.8, 4) is 0 Å². The van der Waals surface area contributed by atoms with Crippen LogP contribution in [0.25, 0.3) is 0 Å². The maximum Gasteiger partial charge on any atom is 0.319 e. The number of ether oxygens (including phenoxy) is 1. The molecular weight excluding hydrogens is 258 g/mol. The van der Waals surface area contributed by atoms with Crippen LogP contribution in [0.2, 0.25) is 0 Å². The third-order valence-electron chi connectivity index (χ3n) is 3.36. The highest BCUT2D eigenvalue weighted by Gasteiger charge is 2.57. The fourth-order valence-corrected chi connectivity index (χ4v) is 1.92. The third-order valence-corrected chi connectivity index (χ3v) is 3.36. The Balaban J connectivity index is 2.01. The molecule has 1 aromatic rings. The van der Waals surface area contributed by atoms with Gasteiger partial charge in [-0.1, -0.05) is 12.1 Å². The summed E-state index contributed by atoms with van der Waals surface area (Å²) in [5.74, 6) is -1.48. The number of benzene rings is 1. The molecule has 5 heteroatoms. The van der Waals surface area contributed by atoms with Gasteiger partial charge in [0.25, 0.3) is 0 Å². The first-order valence-corrected chi connectivity index (χ1v) is 6.69. The Labute approximate surface area is 117 Å². The Bertz CT molecular complexity index is 520. The Kier molecular flexibility index (Phi) is 4.09. The van der Waals surface area contributed by atoms with Gasteiger partial charge in [-0.25, -0.2) is 0 Å². The summed E-state index contributed by atoms with van der Waals surface area (Å²) in [6.07, 6.45) is 0.948. The number of nitrogens with one attached hydrogen (secondary N) is 1. The van der Waals surface area contributed by atoms with Crippen LogP contribution in [-0.2, 0) is 20.9 Å². The second-order valence-corrected chi connectivity index (χ2v) is 5.40. The molecule has 0 heterocycles. The maximum absolute atomic E-state index is 12.0. The van der Waals surface area contributed by atoms with Crippen molar-refractivity contribution in [3.05, 3.63) is 29.8 Å². The minimum Gasteiger partial charge on any atom is -0.480 e. The molecule has 2 rings (SSSR count). The lowest BCUT2D eigenvalue weighted by Gasteiger charge is -2.12. The molecule has 1 saturated carbocycles. The highest BCUT2D eigenvalue weighted by atomic mass is 16.5. The van der Waals surface area contributed by atoms with Crippen molar-refractivity contribution in [1.29, 1.82) is 0 Å². The van der Waals surface area contributed by atoms with Gasteiger partial charge in [-0.3, -0.25) is 9.59 Å². The van der Waals surface area contributed by atoms with Gasteiger partial charge in [0.05, 0.1) is 12.7 Å². The molecule has 0 atom stereocenters. The Hall–Kier alpha value is -1.88. The summed E-state index contributed by atoms with van der Waals surface area (Å²) in [4.78, 5) is 23.1. The number of anilines is 1. The molecular formula is C15H19NO4. The number of rotatable bonds is 6. The van der Waals surface area contributed by atoms with Gasteiger partial charge in [0, 0.05) is 5.69 Å². The topological polar surface area (TPSA) is 75.6 Å². The van der Waals surface area contributed by atoms with E-state index in [0.29, 0.717) is 25.1 Å². The first-order valence-electron chi connectivity index (χ1n) is 6.69. The molecule has 1 fully saturated rings. The molecule has 0 aliphatic heterocycles. The molecule has 20 heavy (non-hydrogen) atoms. The zero-order valence-electron chi connectivity index (χ0n) is 11.7. The zero-order valence-corrected chi connectivity index (χ0v) is 11.7. The number of carboxylic acid groups (broad SMARTS) is 1. The molecule has 1 aliphatic carbocycles. The van der Waals surface area contributed by atoms with Crippen LogP contribution < -0.4 is 5.32 Å². The number of carbonyl (C=O) groups is 2. The monoisotopic (exact) mass is 277 g/mol. The number of hydrogen-bond acceptors (Lipinski definition) is 3. The second-order valence-electron chi connectivity index (χ2n) is 5.40. The van der Waals surface area contributed by atoms with E-state index < -0.39 is 17.3 Å². The molecule has 108 valence electrons. The van der Waals surface area contributed by atoms with Crippen molar-refractivity contribution < 1.29 is 19.4 Å². The van der Waals surface area contributed by atoms with Crippen LogP contribution in [0.4, 0.5) is 5.69 Å². The van der Waals surface area contributed by atoms with Gasteiger partial charge in [0.2, 0.25) is 5.91 Å². The Morgan fingerprint density at radius 3 is 2.65 bits per heavy atom. The normalized spacial score (nSPS) is 15.9. The summed E-state index contributed by atoms with van der Waals surface area (Å²) in [7, 11) is 0. The van der Waals surface area contributed by atoms with Gasteiger partial charge in [0.1, 0.15) is 5.41 Å². The van der Waals surface area contributed by atoms with Crippen molar-refractivity contribution >= 4 is 17.6 Å². The quantitative estimate of drug-likeness (QED) is 0.783. The number of aliphatic carboxylic acids is 1. The Morgan fingerprint density at radius 1 is 1.40 bits per heavy atom. The highest BCUT2D eigenvalue weighted by molar-refractivity contribution is 6.10. The molecule has 0 unspecified atom stereocenters. The largest absolute Gasteiger partial charge is 0.480 e. The summed E-state index contributed by atoms with van der Waals surface area (Å²) in [6, 6.07) is 7.27. The molecule has 0 aromatic heterocycles. The molecule has 1 aromatic carbocycles.